The van der Waals surface area contributed by atoms with Crippen LogP contribution in [0.5, 0.6) is 0 Å². The van der Waals surface area contributed by atoms with E-state index in [0.29, 0.717) is 0 Å². The van der Waals surface area contributed by atoms with E-state index in [9.17, 15) is 0 Å². The summed E-state index contributed by atoms with van der Waals surface area (Å²) in [7, 11) is 0. The van der Waals surface area contributed by atoms with Crippen molar-refractivity contribution in [2.24, 2.45) is 0 Å². The van der Waals surface area contributed by atoms with Gasteiger partial charge in [-0.2, -0.15) is 0 Å². The van der Waals surface area contributed by atoms with Gasteiger partial charge in [-0.15, -0.1) is 0 Å². The van der Waals surface area contributed by atoms with E-state index in [2.05, 4.69) is 184 Å². The van der Waals surface area contributed by atoms with Gasteiger partial charge in [0.2, 0.25) is 0 Å². The molecule has 212 valence electrons. The van der Waals surface area contributed by atoms with E-state index >= 15 is 0 Å². The zero-order valence-electron chi connectivity index (χ0n) is 23.1. The lowest BCUT2D eigenvalue weighted by molar-refractivity contribution is 1.32. The third-order valence-corrected chi connectivity index (χ3v) is 9.56. The van der Waals surface area contributed by atoms with Gasteiger partial charge in [-0.05, 0) is 102 Å². The van der Waals surface area contributed by atoms with Crippen molar-refractivity contribution < 1.29 is 0 Å². The minimum absolute atomic E-state index is 0.895. The molecule has 1 aliphatic heterocycles. The average Bonchev–Trinajstić information content (AvgIpc) is 3.85. The Balaban J connectivity index is 1.55. The molecule has 0 fully saturated rings. The van der Waals surface area contributed by atoms with Crippen molar-refractivity contribution in [1.29, 1.82) is 0 Å². The molecule has 0 amide bonds. The van der Waals surface area contributed by atoms with Crippen LogP contribution in [-0.2, 0) is 0 Å². The fourth-order valence-electron chi connectivity index (χ4n) is 5.92. The average molecular weight is 763 g/mol. The van der Waals surface area contributed by atoms with E-state index in [1.165, 1.54) is 0 Å². The van der Waals surface area contributed by atoms with E-state index in [0.717, 1.165) is 91.3 Å². The fourth-order valence-corrected chi connectivity index (χ4v) is 6.71. The molecule has 0 saturated heterocycles. The maximum Gasteiger partial charge on any atom is 0.0872 e. The summed E-state index contributed by atoms with van der Waals surface area (Å²) >= 11 is 10.8. The lowest BCUT2D eigenvalue weighted by Crippen LogP contribution is -1.86. The van der Waals surface area contributed by atoms with E-state index in [1.54, 1.807) is 0 Å². The molecule has 8 rings (SSSR count). The topological polar surface area (TPSA) is 60.3 Å². The van der Waals surface area contributed by atoms with Crippen molar-refractivity contribution in [1.82, 2.24) is 19.9 Å². The molecule has 4 nitrogen and oxygen atoms in total. The number of aromatic amines is 3. The highest BCUT2D eigenvalue weighted by atomic mass is 79.9. The summed E-state index contributed by atoms with van der Waals surface area (Å²) in [5.41, 5.74) is 14.3. The van der Waals surface area contributed by atoms with Gasteiger partial charge < -0.3 is 15.0 Å². The molecule has 1 aliphatic rings. The van der Waals surface area contributed by atoms with E-state index < -0.39 is 0 Å². The summed E-state index contributed by atoms with van der Waals surface area (Å²) in [6, 6.07) is 38.2. The molecule has 0 radical (unpaired) electrons. The van der Waals surface area contributed by atoms with Crippen molar-refractivity contribution in [2.75, 3.05) is 0 Å². The molecule has 4 aromatic heterocycles. The first kappa shape index (κ1) is 27.4. The van der Waals surface area contributed by atoms with Crippen LogP contribution >= 0.6 is 47.8 Å². The summed E-state index contributed by atoms with van der Waals surface area (Å²) < 4.78 is 3.11. The maximum atomic E-state index is 5.16. The van der Waals surface area contributed by atoms with Crippen LogP contribution in [0.2, 0.25) is 0 Å². The first-order valence-corrected chi connectivity index (χ1v) is 16.5. The van der Waals surface area contributed by atoms with Gasteiger partial charge in [-0.3, -0.25) is 0 Å². The Labute approximate surface area is 278 Å². The minimum atomic E-state index is 0.895. The predicted molar refractivity (Wildman–Crippen MR) is 195 cm³/mol. The second kappa shape index (κ2) is 11.1. The quantitative estimate of drug-likeness (QED) is 0.165. The van der Waals surface area contributed by atoms with Crippen molar-refractivity contribution >= 4 is 93.0 Å². The van der Waals surface area contributed by atoms with Gasteiger partial charge in [0, 0.05) is 57.7 Å². The zero-order chi connectivity index (χ0) is 29.8. The van der Waals surface area contributed by atoms with E-state index in [1.807, 2.05) is 0 Å². The number of rotatable bonds is 3. The Morgan fingerprint density at radius 3 is 1.09 bits per heavy atom. The molecule has 0 aliphatic carbocycles. The smallest absolute Gasteiger partial charge is 0.0872 e. The van der Waals surface area contributed by atoms with Crippen molar-refractivity contribution in [3.8, 4) is 33.4 Å². The van der Waals surface area contributed by atoms with Crippen LogP contribution in [0.15, 0.2) is 123 Å². The summed E-state index contributed by atoms with van der Waals surface area (Å²) in [6.45, 7) is 0. The Hall–Kier alpha value is -4.17. The van der Waals surface area contributed by atoms with Crippen LogP contribution < -0.4 is 0 Å². The maximum absolute atomic E-state index is 5.16. The van der Waals surface area contributed by atoms with Gasteiger partial charge in [-0.25, -0.2) is 4.98 Å². The van der Waals surface area contributed by atoms with Gasteiger partial charge in [-0.1, -0.05) is 84.2 Å². The Morgan fingerprint density at radius 2 is 0.659 bits per heavy atom. The van der Waals surface area contributed by atoms with Gasteiger partial charge in [0.15, 0.2) is 0 Å². The Bertz CT molecular complexity index is 2340. The van der Waals surface area contributed by atoms with Crippen molar-refractivity contribution in [2.45, 2.75) is 0 Å². The molecular weight excluding hydrogens is 740 g/mol. The highest BCUT2D eigenvalue weighted by Crippen LogP contribution is 2.36. The molecule has 3 aromatic carbocycles. The van der Waals surface area contributed by atoms with Crippen LogP contribution in [0.25, 0.3) is 78.6 Å². The normalized spacial score (nSPS) is 11.9. The molecule has 0 unspecified atom stereocenters. The van der Waals surface area contributed by atoms with Gasteiger partial charge in [0.25, 0.3) is 0 Å². The molecule has 0 atom stereocenters. The first-order valence-electron chi connectivity index (χ1n) is 14.1. The zero-order valence-corrected chi connectivity index (χ0v) is 27.9. The molecule has 44 heavy (non-hydrogen) atoms. The highest BCUT2D eigenvalue weighted by Gasteiger charge is 2.15. The number of H-pyrrole nitrogens is 3. The minimum Gasteiger partial charge on any atom is -0.354 e. The number of nitrogens with one attached hydrogen (secondary N) is 3. The number of nitrogens with zero attached hydrogens (tertiary/aromatic N) is 1. The van der Waals surface area contributed by atoms with Crippen LogP contribution in [0, 0.1) is 0 Å². The van der Waals surface area contributed by atoms with Crippen molar-refractivity contribution in [3.63, 3.8) is 0 Å². The van der Waals surface area contributed by atoms with Crippen LogP contribution in [0.1, 0.15) is 11.4 Å². The molecule has 7 heteroatoms. The number of hydrogen-bond acceptors (Lipinski definition) is 1. The molecule has 0 spiro atoms. The van der Waals surface area contributed by atoms with Gasteiger partial charge in [0.05, 0.1) is 16.9 Å². The number of hydrogen-bond donors (Lipinski definition) is 3. The third-order valence-electron chi connectivity index (χ3n) is 7.98. The fraction of sp³-hybridized carbons (Fsp3) is 0. The summed E-state index contributed by atoms with van der Waals surface area (Å²) in [4.78, 5) is 16.4. The second-order valence-electron chi connectivity index (χ2n) is 10.7. The monoisotopic (exact) mass is 760 g/mol. The summed E-state index contributed by atoms with van der Waals surface area (Å²) in [5, 5.41) is 0. The predicted octanol–water partition coefficient (Wildman–Crippen LogP) is 12.0. The Morgan fingerprint density at radius 1 is 0.341 bits per heavy atom. The molecule has 0 saturated carbocycles. The molecule has 3 N–H and O–H groups in total. The van der Waals surface area contributed by atoms with E-state index in [-0.39, 0.29) is 0 Å². The highest BCUT2D eigenvalue weighted by molar-refractivity contribution is 9.11. The third kappa shape index (κ3) is 4.95. The molecule has 7 aromatic rings. The number of benzene rings is 3. The van der Waals surface area contributed by atoms with Crippen LogP contribution in [0.3, 0.4) is 0 Å². The molecular formula is C37H23Br3N4. The first-order chi connectivity index (χ1) is 21.5. The lowest BCUT2D eigenvalue weighted by Gasteiger charge is -2.05. The molecule has 8 bridgehead atoms. The number of halogens is 3. The number of fused-ring (bicyclic) bond motifs is 9. The Kier molecular flexibility index (Phi) is 6.89. The molecule has 5 heterocycles. The van der Waals surface area contributed by atoms with E-state index in [4.69, 9.17) is 4.98 Å². The van der Waals surface area contributed by atoms with Crippen LogP contribution in [-0.4, -0.2) is 19.9 Å². The summed E-state index contributed by atoms with van der Waals surface area (Å²) in [6.07, 6.45) is 4.19. The SMILES string of the molecule is Brc1ccc(-c2c3nc(c4ccc([nH]4)c(-c4ccc(Br)cc4)c4ccc([nH]4)c(-c4ccc(Br)cc4)c4ccc2[nH]4)C=C3)cc1. The second-order valence-corrected chi connectivity index (χ2v) is 13.5. The lowest BCUT2D eigenvalue weighted by atomic mass is 10.0. The van der Waals surface area contributed by atoms with Gasteiger partial charge in [0.1, 0.15) is 0 Å². The van der Waals surface area contributed by atoms with Gasteiger partial charge >= 0.3 is 0 Å². The standard InChI is InChI=1S/C37H23Br3N4/c38-24-7-1-21(2-8-24)35-29-15-13-27(41-29)28-14-16-30(42-28)36(22-3-9-25(39)10-4-22)32-18-20-34(44-32)37(33-19-17-31(35)43-33)23-5-11-26(40)12-6-23/h1-20,41,43-44H. The number of aromatic nitrogens is 4. The van der Waals surface area contributed by atoms with Crippen molar-refractivity contribution in [3.05, 3.63) is 134 Å². The summed E-state index contributed by atoms with van der Waals surface area (Å²) in [5.74, 6) is 0. The largest absolute Gasteiger partial charge is 0.354 e. The van der Waals surface area contributed by atoms with Crippen LogP contribution in [0.4, 0.5) is 0 Å².